The molecule has 0 bridgehead atoms. The first-order valence-electron chi connectivity index (χ1n) is 10.7. The maximum Gasteiger partial charge on any atom is 0.331 e. The van der Waals surface area contributed by atoms with Crippen molar-refractivity contribution in [2.75, 3.05) is 19.0 Å². The number of ether oxygens (including phenoxy) is 3. The van der Waals surface area contributed by atoms with Crippen LogP contribution in [0.25, 0.3) is 6.08 Å². The van der Waals surface area contributed by atoms with Gasteiger partial charge in [-0.05, 0) is 49.8 Å². The number of carbonyl (C=O) groups excluding carboxylic acids is 3. The van der Waals surface area contributed by atoms with Crippen molar-refractivity contribution in [3.8, 4) is 11.5 Å². The first kappa shape index (κ1) is 25.9. The molecule has 10 nitrogen and oxygen atoms in total. The largest absolute Gasteiger partial charge is 0.493 e. The highest BCUT2D eigenvalue weighted by molar-refractivity contribution is 6.02. The van der Waals surface area contributed by atoms with E-state index in [4.69, 9.17) is 18.7 Å². The van der Waals surface area contributed by atoms with Gasteiger partial charge in [0.15, 0.2) is 18.1 Å². The van der Waals surface area contributed by atoms with E-state index in [9.17, 15) is 18.8 Å². The van der Waals surface area contributed by atoms with E-state index in [-0.39, 0.29) is 12.3 Å². The number of nitrogens with one attached hydrogen (secondary N) is 2. The lowest BCUT2D eigenvalue weighted by Gasteiger charge is -2.11. The summed E-state index contributed by atoms with van der Waals surface area (Å²) in [6.45, 7) is 3.17. The van der Waals surface area contributed by atoms with Crippen LogP contribution in [0.2, 0.25) is 0 Å². The summed E-state index contributed by atoms with van der Waals surface area (Å²) in [7, 11) is 1.49. The van der Waals surface area contributed by atoms with E-state index in [0.717, 1.165) is 23.4 Å². The molecule has 1 heterocycles. The normalized spacial score (nSPS) is 10.7. The number of amides is 3. The van der Waals surface area contributed by atoms with Crippen LogP contribution < -0.4 is 20.1 Å². The van der Waals surface area contributed by atoms with Gasteiger partial charge < -0.3 is 24.1 Å². The Morgan fingerprint density at radius 1 is 1.11 bits per heavy atom. The maximum absolute atomic E-state index is 13.5. The van der Waals surface area contributed by atoms with Crippen molar-refractivity contribution < 1.29 is 37.5 Å². The zero-order valence-electron chi connectivity index (χ0n) is 19.8. The molecule has 3 rings (SSSR count). The molecule has 188 valence electrons. The third-order valence-electron chi connectivity index (χ3n) is 4.87. The third kappa shape index (κ3) is 7.16. The molecule has 0 atom stereocenters. The Balaban J connectivity index is 1.48. The number of halogens is 1. The van der Waals surface area contributed by atoms with E-state index < -0.39 is 30.3 Å². The van der Waals surface area contributed by atoms with E-state index in [1.807, 2.05) is 12.2 Å². The Morgan fingerprint density at radius 2 is 1.89 bits per heavy atom. The number of aryl methyl sites for hydroxylation is 2. The number of anilines is 1. The summed E-state index contributed by atoms with van der Waals surface area (Å²) in [6.07, 6.45) is 2.58. The zero-order chi connectivity index (χ0) is 26.1. The number of rotatable bonds is 9. The van der Waals surface area contributed by atoms with Gasteiger partial charge in [-0.1, -0.05) is 23.4 Å². The van der Waals surface area contributed by atoms with E-state index >= 15 is 0 Å². The fourth-order valence-electron chi connectivity index (χ4n) is 2.99. The summed E-state index contributed by atoms with van der Waals surface area (Å²) >= 11 is 0. The van der Waals surface area contributed by atoms with Gasteiger partial charge in [-0.3, -0.25) is 10.1 Å². The molecule has 2 aromatic carbocycles. The molecule has 0 saturated heterocycles. The summed E-state index contributed by atoms with van der Waals surface area (Å²) < 4.78 is 34.7. The fraction of sp³-hybridized carbons (Fsp3) is 0.200. The summed E-state index contributed by atoms with van der Waals surface area (Å²) in [6, 6.07) is 9.55. The van der Waals surface area contributed by atoms with Gasteiger partial charge in [0, 0.05) is 6.08 Å². The number of carbonyl (C=O) groups is 3. The van der Waals surface area contributed by atoms with Crippen molar-refractivity contribution in [1.82, 2.24) is 10.5 Å². The predicted octanol–water partition coefficient (Wildman–Crippen LogP) is 3.92. The van der Waals surface area contributed by atoms with E-state index in [1.165, 1.54) is 31.4 Å². The molecule has 3 aromatic rings. The lowest BCUT2D eigenvalue weighted by Crippen LogP contribution is -2.37. The van der Waals surface area contributed by atoms with Crippen LogP contribution in [0.15, 0.2) is 53.1 Å². The molecule has 0 spiro atoms. The van der Waals surface area contributed by atoms with Crippen molar-refractivity contribution in [3.05, 3.63) is 76.9 Å². The van der Waals surface area contributed by atoms with Gasteiger partial charge in [0.25, 0.3) is 5.91 Å². The van der Waals surface area contributed by atoms with Gasteiger partial charge in [-0.25, -0.2) is 14.0 Å². The minimum atomic E-state index is -0.958. The average molecular weight is 497 g/mol. The van der Waals surface area contributed by atoms with Crippen LogP contribution in [0, 0.1) is 19.7 Å². The van der Waals surface area contributed by atoms with Gasteiger partial charge in [0.05, 0.1) is 24.1 Å². The zero-order valence-corrected chi connectivity index (χ0v) is 19.8. The highest BCUT2D eigenvalue weighted by Gasteiger charge is 2.13. The Morgan fingerprint density at radius 3 is 2.58 bits per heavy atom. The van der Waals surface area contributed by atoms with Gasteiger partial charge in [0.2, 0.25) is 0 Å². The van der Waals surface area contributed by atoms with Crippen LogP contribution in [0.1, 0.15) is 22.6 Å². The van der Waals surface area contributed by atoms with Crippen molar-refractivity contribution in [2.45, 2.75) is 20.5 Å². The van der Waals surface area contributed by atoms with Gasteiger partial charge in [-0.2, -0.15) is 0 Å². The highest BCUT2D eigenvalue weighted by Crippen LogP contribution is 2.30. The molecule has 0 aliphatic heterocycles. The molecule has 0 saturated carbocycles. The number of esters is 1. The van der Waals surface area contributed by atoms with Crippen molar-refractivity contribution in [2.24, 2.45) is 0 Å². The molecule has 3 amide bonds. The van der Waals surface area contributed by atoms with Crippen molar-refractivity contribution in [3.63, 3.8) is 0 Å². The predicted molar refractivity (Wildman–Crippen MR) is 127 cm³/mol. The standard InChI is InChI=1S/C25H24FN3O7/c1-15-18(16(2)36-29-15)13-34-21-10-8-17(12-22(21)33-3)9-11-24(31)35-14-23(30)28-25(32)27-20-7-5-4-6-19(20)26/h4-12H,13-14H2,1-3H3,(H2,27,28,30,32)/b11-9+. The van der Waals surface area contributed by atoms with E-state index in [0.29, 0.717) is 22.8 Å². The van der Waals surface area contributed by atoms with Gasteiger partial charge in [-0.15, -0.1) is 0 Å². The SMILES string of the molecule is COc1cc(/C=C/C(=O)OCC(=O)NC(=O)Nc2ccccc2F)ccc1OCc1c(C)noc1C. The summed E-state index contributed by atoms with van der Waals surface area (Å²) in [4.78, 5) is 35.5. The number of urea groups is 1. The summed E-state index contributed by atoms with van der Waals surface area (Å²) in [5.74, 6) is -0.748. The topological polar surface area (TPSA) is 129 Å². The maximum atomic E-state index is 13.5. The molecule has 0 radical (unpaired) electrons. The number of hydrogen-bond acceptors (Lipinski definition) is 8. The Labute approximate surface area is 206 Å². The van der Waals surface area contributed by atoms with Crippen LogP contribution in [0.5, 0.6) is 11.5 Å². The number of para-hydroxylation sites is 1. The molecule has 2 N–H and O–H groups in total. The number of hydrogen-bond donors (Lipinski definition) is 2. The third-order valence-corrected chi connectivity index (χ3v) is 4.87. The molecular formula is C25H24FN3O7. The van der Waals surface area contributed by atoms with Crippen LogP contribution in [-0.4, -0.2) is 36.8 Å². The molecule has 0 fully saturated rings. The molecule has 11 heteroatoms. The lowest BCUT2D eigenvalue weighted by atomic mass is 10.2. The van der Waals surface area contributed by atoms with Gasteiger partial charge in [0.1, 0.15) is 18.2 Å². The molecular weight excluding hydrogens is 473 g/mol. The Kier molecular flexibility index (Phi) is 8.76. The van der Waals surface area contributed by atoms with Crippen LogP contribution in [-0.2, 0) is 20.9 Å². The highest BCUT2D eigenvalue weighted by atomic mass is 19.1. The van der Waals surface area contributed by atoms with Gasteiger partial charge >= 0.3 is 12.0 Å². The molecule has 0 aliphatic rings. The molecule has 1 aromatic heterocycles. The van der Waals surface area contributed by atoms with Crippen LogP contribution in [0.3, 0.4) is 0 Å². The first-order chi connectivity index (χ1) is 17.3. The van der Waals surface area contributed by atoms with Crippen LogP contribution >= 0.6 is 0 Å². The quantitative estimate of drug-likeness (QED) is 0.336. The second-order valence-electron chi connectivity index (χ2n) is 7.42. The number of aromatic nitrogens is 1. The number of benzene rings is 2. The number of imide groups is 1. The van der Waals surface area contributed by atoms with E-state index in [1.54, 1.807) is 25.1 Å². The lowest BCUT2D eigenvalue weighted by molar-refractivity contribution is -0.143. The average Bonchev–Trinajstić information content (AvgIpc) is 3.18. The first-order valence-corrected chi connectivity index (χ1v) is 10.7. The monoisotopic (exact) mass is 497 g/mol. The second-order valence-corrected chi connectivity index (χ2v) is 7.42. The van der Waals surface area contributed by atoms with Crippen molar-refractivity contribution >= 4 is 29.7 Å². The second kappa shape index (κ2) is 12.2. The van der Waals surface area contributed by atoms with Crippen LogP contribution in [0.4, 0.5) is 14.9 Å². The Hall–Kier alpha value is -4.67. The number of nitrogens with zero attached hydrogens (tertiary/aromatic N) is 1. The van der Waals surface area contributed by atoms with E-state index in [2.05, 4.69) is 10.5 Å². The molecule has 36 heavy (non-hydrogen) atoms. The molecule has 0 aliphatic carbocycles. The fourth-order valence-corrected chi connectivity index (χ4v) is 2.99. The minimum Gasteiger partial charge on any atom is -0.493 e. The minimum absolute atomic E-state index is 0.0988. The number of methoxy groups -OCH3 is 1. The summed E-state index contributed by atoms with van der Waals surface area (Å²) in [5.41, 5.74) is 2.10. The summed E-state index contributed by atoms with van der Waals surface area (Å²) in [5, 5.41) is 8.01. The smallest absolute Gasteiger partial charge is 0.331 e. The molecule has 0 unspecified atom stereocenters. The van der Waals surface area contributed by atoms with Crippen molar-refractivity contribution in [1.29, 1.82) is 0 Å². The Bertz CT molecular complexity index is 1270.